The first kappa shape index (κ1) is 15.4. The molecule has 0 fully saturated rings. The summed E-state index contributed by atoms with van der Waals surface area (Å²) in [7, 11) is 3.11. The molecule has 1 N–H and O–H groups in total. The number of methoxy groups -OCH3 is 2. The first-order valence-corrected chi connectivity index (χ1v) is 6.97. The molecule has 1 aromatic rings. The van der Waals surface area contributed by atoms with Crippen molar-refractivity contribution in [1.82, 2.24) is 0 Å². The molecule has 1 aliphatic rings. The van der Waals surface area contributed by atoms with Crippen LogP contribution in [0.4, 0.5) is 10.5 Å². The standard InChI is InChI=1S/C15H21NO5/c1-4-21-15(18)16-6-5-10(9-17)11-7-13(19-2)14(20-3)8-12(11)16/h7-8,10,17H,4-6,9H2,1-3H3. The average molecular weight is 295 g/mol. The lowest BCUT2D eigenvalue weighted by molar-refractivity contribution is 0.158. The predicted molar refractivity (Wildman–Crippen MR) is 78.4 cm³/mol. The lowest BCUT2D eigenvalue weighted by Crippen LogP contribution is -2.37. The van der Waals surface area contributed by atoms with Crippen molar-refractivity contribution in [2.75, 3.05) is 38.9 Å². The van der Waals surface area contributed by atoms with Crippen LogP contribution in [0.25, 0.3) is 0 Å². The predicted octanol–water partition coefficient (Wildman–Crippen LogP) is 2.15. The summed E-state index contributed by atoms with van der Waals surface area (Å²) < 4.78 is 15.7. The van der Waals surface area contributed by atoms with E-state index in [4.69, 9.17) is 14.2 Å². The molecule has 0 saturated carbocycles. The van der Waals surface area contributed by atoms with Crippen molar-refractivity contribution in [3.05, 3.63) is 17.7 Å². The summed E-state index contributed by atoms with van der Waals surface area (Å²) in [6, 6.07) is 3.58. The third kappa shape index (κ3) is 2.90. The van der Waals surface area contributed by atoms with Gasteiger partial charge >= 0.3 is 6.09 Å². The molecule has 6 nitrogen and oxygen atoms in total. The first-order valence-electron chi connectivity index (χ1n) is 6.97. The van der Waals surface area contributed by atoms with Crippen molar-refractivity contribution in [1.29, 1.82) is 0 Å². The zero-order valence-corrected chi connectivity index (χ0v) is 12.6. The zero-order chi connectivity index (χ0) is 15.4. The molecular formula is C15H21NO5. The van der Waals surface area contributed by atoms with Gasteiger partial charge in [-0.2, -0.15) is 0 Å². The van der Waals surface area contributed by atoms with Crippen LogP contribution in [0.5, 0.6) is 11.5 Å². The number of amides is 1. The van der Waals surface area contributed by atoms with Crippen molar-refractivity contribution in [2.24, 2.45) is 0 Å². The third-order valence-electron chi connectivity index (χ3n) is 3.67. The van der Waals surface area contributed by atoms with Crippen LogP contribution in [0.15, 0.2) is 12.1 Å². The average Bonchev–Trinajstić information content (AvgIpc) is 2.52. The molecule has 6 heteroatoms. The maximum atomic E-state index is 12.1. The number of hydrogen-bond acceptors (Lipinski definition) is 5. The van der Waals surface area contributed by atoms with Crippen LogP contribution in [-0.4, -0.2) is 45.2 Å². The van der Waals surface area contributed by atoms with Gasteiger partial charge in [0.2, 0.25) is 0 Å². The molecule has 116 valence electrons. The van der Waals surface area contributed by atoms with E-state index in [1.54, 1.807) is 32.1 Å². The number of hydrogen-bond donors (Lipinski definition) is 1. The zero-order valence-electron chi connectivity index (χ0n) is 12.6. The minimum absolute atomic E-state index is 0.0227. The summed E-state index contributed by atoms with van der Waals surface area (Å²) in [6.45, 7) is 2.63. The van der Waals surface area contributed by atoms with Crippen LogP contribution in [0, 0.1) is 0 Å². The van der Waals surface area contributed by atoms with E-state index in [9.17, 15) is 9.90 Å². The Balaban J connectivity index is 2.49. The fraction of sp³-hybridized carbons (Fsp3) is 0.533. The minimum atomic E-state index is -0.387. The number of benzene rings is 1. The van der Waals surface area contributed by atoms with Gasteiger partial charge in [-0.3, -0.25) is 4.90 Å². The van der Waals surface area contributed by atoms with E-state index in [1.165, 1.54) is 0 Å². The van der Waals surface area contributed by atoms with Crippen molar-refractivity contribution in [3.8, 4) is 11.5 Å². The van der Waals surface area contributed by atoms with Gasteiger partial charge in [0.15, 0.2) is 11.5 Å². The van der Waals surface area contributed by atoms with E-state index in [0.29, 0.717) is 36.8 Å². The Bertz CT molecular complexity index is 517. The first-order chi connectivity index (χ1) is 10.2. The quantitative estimate of drug-likeness (QED) is 0.921. The van der Waals surface area contributed by atoms with Gasteiger partial charge in [-0.15, -0.1) is 0 Å². The molecule has 0 bridgehead atoms. The third-order valence-corrected chi connectivity index (χ3v) is 3.67. The van der Waals surface area contributed by atoms with Crippen LogP contribution in [0.1, 0.15) is 24.8 Å². The van der Waals surface area contributed by atoms with Crippen LogP contribution in [0.2, 0.25) is 0 Å². The molecule has 0 saturated heterocycles. The number of fused-ring (bicyclic) bond motifs is 1. The van der Waals surface area contributed by atoms with E-state index < -0.39 is 0 Å². The highest BCUT2D eigenvalue weighted by Crippen LogP contribution is 2.42. The molecule has 0 radical (unpaired) electrons. The highest BCUT2D eigenvalue weighted by atomic mass is 16.6. The van der Waals surface area contributed by atoms with Gasteiger partial charge in [-0.25, -0.2) is 4.79 Å². The number of carbonyl (C=O) groups is 1. The largest absolute Gasteiger partial charge is 0.493 e. The second-order valence-corrected chi connectivity index (χ2v) is 4.78. The van der Waals surface area contributed by atoms with Crippen molar-refractivity contribution < 1.29 is 24.1 Å². The Hall–Kier alpha value is -1.95. The van der Waals surface area contributed by atoms with Gasteiger partial charge in [0.1, 0.15) is 0 Å². The Labute approximate surface area is 124 Å². The van der Waals surface area contributed by atoms with E-state index in [1.807, 2.05) is 6.07 Å². The van der Waals surface area contributed by atoms with Crippen molar-refractivity contribution >= 4 is 11.8 Å². The summed E-state index contributed by atoms with van der Waals surface area (Å²) in [5.74, 6) is 1.11. The number of ether oxygens (including phenoxy) is 3. The Kier molecular flexibility index (Phi) is 4.90. The Morgan fingerprint density at radius 2 is 2.00 bits per heavy atom. The molecule has 0 aromatic heterocycles. The fourth-order valence-electron chi connectivity index (χ4n) is 2.59. The van der Waals surface area contributed by atoms with E-state index in [0.717, 1.165) is 5.56 Å². The lowest BCUT2D eigenvalue weighted by atomic mass is 9.90. The fourth-order valence-corrected chi connectivity index (χ4v) is 2.59. The Morgan fingerprint density at radius 3 is 2.57 bits per heavy atom. The molecule has 1 aliphatic heterocycles. The van der Waals surface area contributed by atoms with Gasteiger partial charge in [0.25, 0.3) is 0 Å². The van der Waals surface area contributed by atoms with Gasteiger partial charge in [0.05, 0.1) is 33.1 Å². The molecule has 1 heterocycles. The summed E-state index contributed by atoms with van der Waals surface area (Å²) in [6.07, 6.45) is 0.292. The molecule has 2 rings (SSSR count). The van der Waals surface area contributed by atoms with Gasteiger partial charge in [-0.1, -0.05) is 0 Å². The summed E-state index contributed by atoms with van der Waals surface area (Å²) in [5.41, 5.74) is 1.57. The summed E-state index contributed by atoms with van der Waals surface area (Å²) >= 11 is 0. The molecule has 1 atom stereocenters. The minimum Gasteiger partial charge on any atom is -0.493 e. The number of anilines is 1. The topological polar surface area (TPSA) is 68.2 Å². The van der Waals surface area contributed by atoms with E-state index >= 15 is 0 Å². The molecule has 21 heavy (non-hydrogen) atoms. The molecular weight excluding hydrogens is 274 g/mol. The molecule has 0 spiro atoms. The number of aliphatic hydroxyl groups is 1. The molecule has 0 aliphatic carbocycles. The summed E-state index contributed by atoms with van der Waals surface area (Å²) in [4.78, 5) is 13.7. The monoisotopic (exact) mass is 295 g/mol. The SMILES string of the molecule is CCOC(=O)N1CCC(CO)c2cc(OC)c(OC)cc21. The van der Waals surface area contributed by atoms with Crippen LogP contribution >= 0.6 is 0 Å². The van der Waals surface area contributed by atoms with Crippen LogP contribution in [-0.2, 0) is 4.74 Å². The molecule has 1 amide bonds. The molecule has 1 unspecified atom stereocenters. The smallest absolute Gasteiger partial charge is 0.414 e. The molecule has 1 aromatic carbocycles. The van der Waals surface area contributed by atoms with E-state index in [-0.39, 0.29) is 18.6 Å². The lowest BCUT2D eigenvalue weighted by Gasteiger charge is -2.33. The Morgan fingerprint density at radius 1 is 1.33 bits per heavy atom. The van der Waals surface area contributed by atoms with Crippen LogP contribution in [0.3, 0.4) is 0 Å². The normalized spacial score (nSPS) is 17.1. The van der Waals surface area contributed by atoms with Crippen molar-refractivity contribution in [2.45, 2.75) is 19.3 Å². The van der Waals surface area contributed by atoms with Crippen LogP contribution < -0.4 is 14.4 Å². The van der Waals surface area contributed by atoms with Gasteiger partial charge in [0, 0.05) is 18.5 Å². The van der Waals surface area contributed by atoms with Crippen molar-refractivity contribution in [3.63, 3.8) is 0 Å². The number of rotatable bonds is 4. The maximum absolute atomic E-state index is 12.1. The van der Waals surface area contributed by atoms with Gasteiger partial charge < -0.3 is 19.3 Å². The number of carbonyl (C=O) groups excluding carboxylic acids is 1. The number of nitrogens with zero attached hydrogens (tertiary/aromatic N) is 1. The number of aliphatic hydroxyl groups excluding tert-OH is 1. The highest BCUT2D eigenvalue weighted by molar-refractivity contribution is 5.90. The second kappa shape index (κ2) is 6.67. The highest BCUT2D eigenvalue weighted by Gasteiger charge is 2.31. The van der Waals surface area contributed by atoms with Gasteiger partial charge in [-0.05, 0) is 25.0 Å². The van der Waals surface area contributed by atoms with E-state index in [2.05, 4.69) is 0 Å². The maximum Gasteiger partial charge on any atom is 0.414 e. The summed E-state index contributed by atoms with van der Waals surface area (Å²) in [5, 5.41) is 9.55. The second-order valence-electron chi connectivity index (χ2n) is 4.78.